The summed E-state index contributed by atoms with van der Waals surface area (Å²) >= 11 is 1.48. The summed E-state index contributed by atoms with van der Waals surface area (Å²) in [6.45, 7) is 6.22. The van der Waals surface area contributed by atoms with Crippen molar-refractivity contribution in [2.24, 2.45) is 0 Å². The van der Waals surface area contributed by atoms with Crippen LogP contribution < -0.4 is 15.4 Å². The molecule has 0 aliphatic carbocycles. The van der Waals surface area contributed by atoms with Crippen LogP contribution in [0.3, 0.4) is 0 Å². The van der Waals surface area contributed by atoms with Crippen molar-refractivity contribution < 1.29 is 9.53 Å². The van der Waals surface area contributed by atoms with Crippen molar-refractivity contribution >= 4 is 40.2 Å². The molecule has 0 bridgehead atoms. The van der Waals surface area contributed by atoms with Gasteiger partial charge in [0.15, 0.2) is 5.50 Å². The van der Waals surface area contributed by atoms with Gasteiger partial charge in [-0.2, -0.15) is 0 Å². The molecule has 5 rings (SSSR count). The third-order valence-corrected chi connectivity index (χ3v) is 7.15. The van der Waals surface area contributed by atoms with Crippen LogP contribution in [0.4, 0.5) is 5.69 Å². The van der Waals surface area contributed by atoms with E-state index in [0.717, 1.165) is 39.6 Å². The van der Waals surface area contributed by atoms with Gasteiger partial charge in [0, 0.05) is 17.1 Å². The molecule has 1 aliphatic rings. The van der Waals surface area contributed by atoms with Gasteiger partial charge >= 0.3 is 0 Å². The van der Waals surface area contributed by atoms with Gasteiger partial charge in [-0.15, -0.1) is 0 Å². The summed E-state index contributed by atoms with van der Waals surface area (Å²) in [4.78, 5) is 13.4. The van der Waals surface area contributed by atoms with E-state index in [9.17, 15) is 4.79 Å². The summed E-state index contributed by atoms with van der Waals surface area (Å²) in [6, 6.07) is 23.0. The zero-order chi connectivity index (χ0) is 23.8. The summed E-state index contributed by atoms with van der Waals surface area (Å²) in [6.07, 6.45) is 1.98. The Morgan fingerprint density at radius 1 is 1.00 bits per heavy atom. The molecule has 0 saturated carbocycles. The average Bonchev–Trinajstić information content (AvgIpc) is 3.31. The fourth-order valence-electron chi connectivity index (χ4n) is 4.43. The number of benzene rings is 3. The number of amides is 1. The van der Waals surface area contributed by atoms with Crippen LogP contribution in [0, 0.1) is 20.8 Å². The van der Waals surface area contributed by atoms with E-state index in [-0.39, 0.29) is 11.4 Å². The largest absolute Gasteiger partial charge is 0.495 e. The molecule has 0 spiro atoms. The maximum atomic E-state index is 12.7. The molecule has 1 atom stereocenters. The summed E-state index contributed by atoms with van der Waals surface area (Å²) in [7, 11) is 1.65. The number of carbonyl (C=O) groups excluding carboxylic acids is 1. The number of anilines is 1. The minimum absolute atomic E-state index is 0.0790. The maximum absolute atomic E-state index is 12.7. The number of carbonyl (C=O) groups is 1. The van der Waals surface area contributed by atoms with Crippen molar-refractivity contribution in [1.29, 1.82) is 0 Å². The summed E-state index contributed by atoms with van der Waals surface area (Å²) in [5.41, 5.74) is 6.10. The number of aromatic nitrogens is 1. The lowest BCUT2D eigenvalue weighted by atomic mass is 10.1. The van der Waals surface area contributed by atoms with Gasteiger partial charge in [-0.05, 0) is 79.1 Å². The van der Waals surface area contributed by atoms with E-state index < -0.39 is 0 Å². The Kier molecular flexibility index (Phi) is 5.84. The fourth-order valence-corrected chi connectivity index (χ4v) is 5.40. The van der Waals surface area contributed by atoms with Crippen LogP contribution in [-0.2, 0) is 4.79 Å². The third kappa shape index (κ3) is 4.17. The van der Waals surface area contributed by atoms with Crippen LogP contribution in [-0.4, -0.2) is 23.1 Å². The van der Waals surface area contributed by atoms with Gasteiger partial charge in [-0.3, -0.25) is 4.79 Å². The molecule has 5 nitrogen and oxygen atoms in total. The van der Waals surface area contributed by atoms with Crippen LogP contribution >= 0.6 is 11.8 Å². The van der Waals surface area contributed by atoms with E-state index in [2.05, 4.69) is 77.6 Å². The van der Waals surface area contributed by atoms with E-state index in [4.69, 9.17) is 4.74 Å². The first kappa shape index (κ1) is 22.2. The Labute approximate surface area is 203 Å². The van der Waals surface area contributed by atoms with Crippen molar-refractivity contribution in [3.8, 4) is 11.4 Å². The highest BCUT2D eigenvalue weighted by Gasteiger charge is 2.28. The average molecular weight is 470 g/mol. The Hall–Kier alpha value is -3.64. The Balaban J connectivity index is 1.42. The number of ether oxygens (including phenoxy) is 1. The number of nitrogens with one attached hydrogen (secondary N) is 2. The third-order valence-electron chi connectivity index (χ3n) is 6.12. The Bertz CT molecular complexity index is 1440. The van der Waals surface area contributed by atoms with Crippen LogP contribution in [0.1, 0.15) is 22.5 Å². The van der Waals surface area contributed by atoms with E-state index in [1.54, 1.807) is 7.11 Å². The molecule has 1 fully saturated rings. The lowest BCUT2D eigenvalue weighted by molar-refractivity contribution is -0.116. The lowest BCUT2D eigenvalue weighted by Crippen LogP contribution is -2.31. The number of nitrogens with zero attached hydrogens (tertiary/aromatic N) is 1. The molecule has 1 saturated heterocycles. The number of hydrogen-bond donors (Lipinski definition) is 2. The molecule has 2 heterocycles. The minimum atomic E-state index is -0.265. The molecule has 172 valence electrons. The Morgan fingerprint density at radius 2 is 1.79 bits per heavy atom. The van der Waals surface area contributed by atoms with Crippen molar-refractivity contribution in [3.05, 3.63) is 94.1 Å². The number of fused-ring (bicyclic) bond motifs is 1. The first-order chi connectivity index (χ1) is 16.4. The fraction of sp³-hybridized carbons (Fsp3) is 0.179. The molecular formula is C28H27N3O2S. The van der Waals surface area contributed by atoms with Crippen LogP contribution in [0.15, 0.2) is 71.6 Å². The highest BCUT2D eigenvalue weighted by atomic mass is 32.2. The molecule has 1 amide bonds. The number of rotatable bonds is 5. The van der Waals surface area contributed by atoms with E-state index in [0.29, 0.717) is 4.91 Å². The molecule has 1 aliphatic heterocycles. The maximum Gasteiger partial charge on any atom is 0.260 e. The van der Waals surface area contributed by atoms with Crippen LogP contribution in [0.2, 0.25) is 0 Å². The zero-order valence-electron chi connectivity index (χ0n) is 19.7. The van der Waals surface area contributed by atoms with Crippen molar-refractivity contribution in [3.63, 3.8) is 0 Å². The smallest absolute Gasteiger partial charge is 0.260 e. The molecule has 1 aromatic heterocycles. The van der Waals surface area contributed by atoms with Gasteiger partial charge in [0.2, 0.25) is 0 Å². The standard InChI is InChI=1S/C28H27N3O2S/c1-17-9-12-25(33-4)24(13-17)29-28-30-27(32)26(34-28)16-22-14-18(2)31(19(22)3)23-11-10-20-7-5-6-8-21(20)15-23/h5-16,28-29H,1-4H3,(H,30,32)/b26-16-. The summed E-state index contributed by atoms with van der Waals surface area (Å²) < 4.78 is 7.70. The van der Waals surface area contributed by atoms with Crippen LogP contribution in [0.5, 0.6) is 5.75 Å². The normalized spacial score (nSPS) is 16.8. The molecule has 34 heavy (non-hydrogen) atoms. The quantitative estimate of drug-likeness (QED) is 0.344. The molecule has 6 heteroatoms. The van der Waals surface area contributed by atoms with E-state index in [1.807, 2.05) is 31.2 Å². The molecule has 0 radical (unpaired) electrons. The van der Waals surface area contributed by atoms with Crippen LogP contribution in [0.25, 0.3) is 22.5 Å². The van der Waals surface area contributed by atoms with Crippen molar-refractivity contribution in [2.45, 2.75) is 26.3 Å². The predicted molar refractivity (Wildman–Crippen MR) is 142 cm³/mol. The van der Waals surface area contributed by atoms with Gasteiger partial charge in [0.1, 0.15) is 5.75 Å². The second kappa shape index (κ2) is 8.95. The monoisotopic (exact) mass is 469 g/mol. The van der Waals surface area contributed by atoms with Gasteiger partial charge in [0.25, 0.3) is 5.91 Å². The lowest BCUT2D eigenvalue weighted by Gasteiger charge is -2.16. The Morgan fingerprint density at radius 3 is 2.59 bits per heavy atom. The molecule has 3 aromatic carbocycles. The van der Waals surface area contributed by atoms with Gasteiger partial charge in [0.05, 0.1) is 17.7 Å². The van der Waals surface area contributed by atoms with E-state index in [1.165, 1.54) is 22.5 Å². The molecule has 1 unspecified atom stereocenters. The van der Waals surface area contributed by atoms with Gasteiger partial charge in [-0.1, -0.05) is 48.2 Å². The minimum Gasteiger partial charge on any atom is -0.495 e. The highest BCUT2D eigenvalue weighted by Crippen LogP contribution is 2.34. The molecule has 4 aromatic rings. The second-order valence-corrected chi connectivity index (χ2v) is 9.67. The number of thioether (sulfide) groups is 1. The molecular weight excluding hydrogens is 442 g/mol. The van der Waals surface area contributed by atoms with Gasteiger partial charge < -0.3 is 19.9 Å². The topological polar surface area (TPSA) is 55.3 Å². The van der Waals surface area contributed by atoms with E-state index >= 15 is 0 Å². The number of hydrogen-bond acceptors (Lipinski definition) is 4. The zero-order valence-corrected chi connectivity index (χ0v) is 20.5. The number of aryl methyl sites for hydroxylation is 2. The predicted octanol–water partition coefficient (Wildman–Crippen LogP) is 6.16. The molecule has 2 N–H and O–H groups in total. The summed E-state index contributed by atoms with van der Waals surface area (Å²) in [5.74, 6) is 0.668. The van der Waals surface area contributed by atoms with Crippen molar-refractivity contribution in [1.82, 2.24) is 9.88 Å². The number of methoxy groups -OCH3 is 1. The SMILES string of the molecule is COc1ccc(C)cc1NC1NC(=O)/C(=C/c2cc(C)n(-c3ccc4ccccc4c3)c2C)S1. The van der Waals surface area contributed by atoms with Gasteiger partial charge in [-0.25, -0.2) is 0 Å². The second-order valence-electron chi connectivity index (χ2n) is 8.52. The van der Waals surface area contributed by atoms with Crippen molar-refractivity contribution in [2.75, 3.05) is 12.4 Å². The first-order valence-electron chi connectivity index (χ1n) is 11.2. The highest BCUT2D eigenvalue weighted by molar-refractivity contribution is 8.05. The summed E-state index contributed by atoms with van der Waals surface area (Å²) in [5, 5.41) is 8.83. The first-order valence-corrected chi connectivity index (χ1v) is 12.1.